The highest BCUT2D eigenvalue weighted by atomic mass is 16.2. The number of carbonyl (C=O) groups excluding carboxylic acids is 2. The maximum atomic E-state index is 12.8. The van der Waals surface area contributed by atoms with E-state index in [-0.39, 0.29) is 11.8 Å². The molecule has 0 aliphatic carbocycles. The van der Waals surface area contributed by atoms with Crippen LogP contribution in [0.2, 0.25) is 0 Å². The smallest absolute Gasteiger partial charge is 0.293 e. The number of likely N-dealkylation sites (tertiary alicyclic amines) is 1. The van der Waals surface area contributed by atoms with Gasteiger partial charge in [0.15, 0.2) is 0 Å². The van der Waals surface area contributed by atoms with Crippen molar-refractivity contribution in [1.82, 2.24) is 19.7 Å². The second kappa shape index (κ2) is 7.74. The highest BCUT2D eigenvalue weighted by Crippen LogP contribution is 2.33. The molecule has 0 unspecified atom stereocenters. The van der Waals surface area contributed by atoms with Gasteiger partial charge < -0.3 is 14.8 Å². The summed E-state index contributed by atoms with van der Waals surface area (Å²) in [4.78, 5) is 27.5. The van der Waals surface area contributed by atoms with E-state index in [1.165, 1.54) is 0 Å². The minimum Gasteiger partial charge on any atom is -0.342 e. The molecule has 30 heavy (non-hydrogen) atoms. The molecular weight excluding hydrogens is 378 g/mol. The van der Waals surface area contributed by atoms with E-state index in [0.717, 1.165) is 30.0 Å². The van der Waals surface area contributed by atoms with Crippen molar-refractivity contribution in [2.24, 2.45) is 11.8 Å². The van der Waals surface area contributed by atoms with Crippen LogP contribution in [0.15, 0.2) is 60.7 Å². The van der Waals surface area contributed by atoms with Crippen molar-refractivity contribution >= 4 is 17.5 Å². The number of nitrogens with one attached hydrogen (secondary N) is 1. The number of hydrogen-bond acceptors (Lipinski definition) is 4. The number of nitrogens with zero attached hydrogens (tertiary/aromatic N) is 4. The van der Waals surface area contributed by atoms with E-state index in [0.29, 0.717) is 37.2 Å². The SMILES string of the molecule is O=C(Nc1ccccc1)c1nnc2n1C[C@@H]1CN(C(=O)Cc3ccccc3)C[C@H]1C2. The number of rotatable bonds is 4. The largest absolute Gasteiger partial charge is 0.342 e. The summed E-state index contributed by atoms with van der Waals surface area (Å²) in [5.74, 6) is 1.75. The van der Waals surface area contributed by atoms with E-state index in [1.807, 2.05) is 70.1 Å². The van der Waals surface area contributed by atoms with Gasteiger partial charge in [-0.3, -0.25) is 9.59 Å². The van der Waals surface area contributed by atoms with Gasteiger partial charge in [-0.15, -0.1) is 10.2 Å². The predicted molar refractivity (Wildman–Crippen MR) is 112 cm³/mol. The van der Waals surface area contributed by atoms with Gasteiger partial charge in [0, 0.05) is 31.7 Å². The molecule has 1 N–H and O–H groups in total. The molecule has 0 bridgehead atoms. The standard InChI is InChI=1S/C23H23N5O2/c29-21(11-16-7-3-1-4-8-16)27-13-17-12-20-25-26-22(28(20)15-18(17)14-27)23(30)24-19-9-5-2-6-10-19/h1-10,17-18H,11-15H2,(H,24,30)/t17-,18+/m1/s1. The fourth-order valence-electron chi connectivity index (χ4n) is 4.49. The number of carbonyl (C=O) groups is 2. The maximum Gasteiger partial charge on any atom is 0.293 e. The Balaban J connectivity index is 1.27. The van der Waals surface area contributed by atoms with Gasteiger partial charge in [-0.1, -0.05) is 48.5 Å². The van der Waals surface area contributed by atoms with Crippen LogP contribution in [-0.2, 0) is 24.2 Å². The van der Waals surface area contributed by atoms with Crippen molar-refractivity contribution < 1.29 is 9.59 Å². The molecule has 1 fully saturated rings. The molecule has 3 aromatic rings. The lowest BCUT2D eigenvalue weighted by atomic mass is 9.89. The van der Waals surface area contributed by atoms with Crippen molar-refractivity contribution in [1.29, 1.82) is 0 Å². The Morgan fingerprint density at radius 1 is 0.900 bits per heavy atom. The highest BCUT2D eigenvalue weighted by molar-refractivity contribution is 6.01. The van der Waals surface area contributed by atoms with E-state index in [9.17, 15) is 9.59 Å². The van der Waals surface area contributed by atoms with Crippen LogP contribution >= 0.6 is 0 Å². The Kier molecular flexibility index (Phi) is 4.78. The van der Waals surface area contributed by atoms with Gasteiger partial charge >= 0.3 is 0 Å². The van der Waals surface area contributed by atoms with E-state index < -0.39 is 0 Å². The molecule has 2 amide bonds. The lowest BCUT2D eigenvalue weighted by Crippen LogP contribution is -2.31. The number of fused-ring (bicyclic) bond motifs is 2. The van der Waals surface area contributed by atoms with E-state index in [1.54, 1.807) is 0 Å². The molecule has 3 heterocycles. The Bertz CT molecular complexity index is 1060. The second-order valence-corrected chi connectivity index (χ2v) is 8.06. The monoisotopic (exact) mass is 401 g/mol. The third-order valence-corrected chi connectivity index (χ3v) is 6.05. The van der Waals surface area contributed by atoms with Gasteiger partial charge in [0.1, 0.15) is 5.82 Å². The van der Waals surface area contributed by atoms with Crippen LogP contribution in [0.1, 0.15) is 22.0 Å². The summed E-state index contributed by atoms with van der Waals surface area (Å²) in [7, 11) is 0. The molecule has 1 aromatic heterocycles. The van der Waals surface area contributed by atoms with Gasteiger partial charge in [0.05, 0.1) is 6.42 Å². The van der Waals surface area contributed by atoms with Crippen molar-refractivity contribution in [3.05, 3.63) is 77.9 Å². The average Bonchev–Trinajstić information content (AvgIpc) is 3.37. The van der Waals surface area contributed by atoms with Crippen molar-refractivity contribution in [3.63, 3.8) is 0 Å². The first kappa shape index (κ1) is 18.5. The maximum absolute atomic E-state index is 12.8. The minimum absolute atomic E-state index is 0.161. The van der Waals surface area contributed by atoms with Gasteiger partial charge in [0.25, 0.3) is 5.91 Å². The number of hydrogen-bond donors (Lipinski definition) is 1. The summed E-state index contributed by atoms with van der Waals surface area (Å²) >= 11 is 0. The Morgan fingerprint density at radius 2 is 1.60 bits per heavy atom. The summed E-state index contributed by atoms with van der Waals surface area (Å²) in [6.07, 6.45) is 1.17. The van der Waals surface area contributed by atoms with E-state index >= 15 is 0 Å². The summed E-state index contributed by atoms with van der Waals surface area (Å²) in [6.45, 7) is 2.13. The lowest BCUT2D eigenvalue weighted by Gasteiger charge is -2.25. The molecule has 2 atom stereocenters. The van der Waals surface area contributed by atoms with Gasteiger partial charge in [-0.2, -0.15) is 0 Å². The van der Waals surface area contributed by atoms with E-state index in [4.69, 9.17) is 0 Å². The first-order valence-electron chi connectivity index (χ1n) is 10.3. The first-order valence-corrected chi connectivity index (χ1v) is 10.3. The molecule has 2 aromatic carbocycles. The summed E-state index contributed by atoms with van der Waals surface area (Å²) < 4.78 is 1.92. The number of para-hydroxylation sites is 1. The number of amides is 2. The molecular formula is C23H23N5O2. The van der Waals surface area contributed by atoms with Crippen LogP contribution < -0.4 is 5.32 Å². The first-order chi connectivity index (χ1) is 14.7. The van der Waals surface area contributed by atoms with Crippen LogP contribution in [0.4, 0.5) is 5.69 Å². The molecule has 0 radical (unpaired) electrons. The number of anilines is 1. The molecule has 2 aliphatic rings. The zero-order valence-electron chi connectivity index (χ0n) is 16.6. The van der Waals surface area contributed by atoms with Crippen LogP contribution in [0.5, 0.6) is 0 Å². The topological polar surface area (TPSA) is 80.1 Å². The van der Waals surface area contributed by atoms with Gasteiger partial charge in [-0.25, -0.2) is 0 Å². The normalized spacial score (nSPS) is 19.8. The molecule has 0 saturated carbocycles. The van der Waals surface area contributed by atoms with Gasteiger partial charge in [-0.05, 0) is 29.5 Å². The fraction of sp³-hybridized carbons (Fsp3) is 0.304. The third-order valence-electron chi connectivity index (χ3n) is 6.05. The fourth-order valence-corrected chi connectivity index (χ4v) is 4.49. The van der Waals surface area contributed by atoms with Crippen molar-refractivity contribution in [2.75, 3.05) is 18.4 Å². The van der Waals surface area contributed by atoms with Crippen LogP contribution in [0.25, 0.3) is 0 Å². The molecule has 0 spiro atoms. The molecule has 2 aliphatic heterocycles. The number of aromatic nitrogens is 3. The molecule has 5 rings (SSSR count). The number of benzene rings is 2. The van der Waals surface area contributed by atoms with Crippen molar-refractivity contribution in [2.45, 2.75) is 19.4 Å². The summed E-state index contributed by atoms with van der Waals surface area (Å²) in [6, 6.07) is 19.2. The van der Waals surface area contributed by atoms with Crippen LogP contribution in [0, 0.1) is 11.8 Å². The molecule has 1 saturated heterocycles. The second-order valence-electron chi connectivity index (χ2n) is 8.06. The minimum atomic E-state index is -0.256. The lowest BCUT2D eigenvalue weighted by molar-refractivity contribution is -0.129. The predicted octanol–water partition coefficient (Wildman–Crippen LogP) is 2.40. The highest BCUT2D eigenvalue weighted by Gasteiger charge is 2.40. The summed E-state index contributed by atoms with van der Waals surface area (Å²) in [5.41, 5.74) is 1.77. The van der Waals surface area contributed by atoms with Crippen LogP contribution in [-0.4, -0.2) is 44.6 Å². The average molecular weight is 401 g/mol. The molecule has 7 heteroatoms. The van der Waals surface area contributed by atoms with E-state index in [2.05, 4.69) is 15.5 Å². The quantitative estimate of drug-likeness (QED) is 0.728. The third kappa shape index (κ3) is 3.58. The Labute approximate surface area is 174 Å². The molecule has 7 nitrogen and oxygen atoms in total. The van der Waals surface area contributed by atoms with Crippen LogP contribution in [0.3, 0.4) is 0 Å². The summed E-state index contributed by atoms with van der Waals surface area (Å²) in [5, 5.41) is 11.3. The zero-order valence-corrected chi connectivity index (χ0v) is 16.6. The van der Waals surface area contributed by atoms with Crippen molar-refractivity contribution in [3.8, 4) is 0 Å². The molecule has 152 valence electrons. The Morgan fingerprint density at radius 3 is 2.37 bits per heavy atom. The zero-order chi connectivity index (χ0) is 20.5. The van der Waals surface area contributed by atoms with Gasteiger partial charge in [0.2, 0.25) is 11.7 Å². The Hall–Kier alpha value is -3.48.